The molecule has 132 valence electrons. The van der Waals surface area contributed by atoms with Gasteiger partial charge in [0.15, 0.2) is 12.4 Å². The number of ether oxygens (including phenoxy) is 1. The number of para-hydroxylation sites is 2. The van der Waals surface area contributed by atoms with Crippen LogP contribution in [0.1, 0.15) is 28.5 Å². The lowest BCUT2D eigenvalue weighted by atomic mass is 10.1. The molecule has 2 aromatic carbocycles. The van der Waals surface area contributed by atoms with Gasteiger partial charge in [0.05, 0.1) is 5.52 Å². The van der Waals surface area contributed by atoms with Gasteiger partial charge < -0.3 is 10.1 Å². The first-order valence-electron chi connectivity index (χ1n) is 8.35. The van der Waals surface area contributed by atoms with Crippen molar-refractivity contribution in [2.24, 2.45) is 0 Å². The van der Waals surface area contributed by atoms with Crippen LogP contribution in [0.3, 0.4) is 0 Å². The Hall–Kier alpha value is -3.21. The predicted molar refractivity (Wildman–Crippen MR) is 102 cm³/mol. The van der Waals surface area contributed by atoms with E-state index >= 15 is 0 Å². The largest absolute Gasteiger partial charge is 0.483 e. The number of fused-ring (bicyclic) bond motifs is 1. The van der Waals surface area contributed by atoms with Crippen LogP contribution in [-0.4, -0.2) is 23.3 Å². The van der Waals surface area contributed by atoms with E-state index in [1.165, 1.54) is 6.92 Å². The van der Waals surface area contributed by atoms with E-state index in [4.69, 9.17) is 4.74 Å². The van der Waals surface area contributed by atoms with Gasteiger partial charge in [-0.15, -0.1) is 0 Å². The number of aryl methyl sites for hydroxylation is 2. The molecule has 0 bridgehead atoms. The molecule has 0 aliphatic rings. The molecule has 1 amide bonds. The van der Waals surface area contributed by atoms with E-state index in [1.54, 1.807) is 6.07 Å². The Kier molecular flexibility index (Phi) is 4.98. The van der Waals surface area contributed by atoms with Gasteiger partial charge in [-0.05, 0) is 37.1 Å². The zero-order valence-electron chi connectivity index (χ0n) is 15.0. The summed E-state index contributed by atoms with van der Waals surface area (Å²) >= 11 is 0. The number of amides is 1. The molecule has 1 heterocycles. The molecule has 0 spiro atoms. The summed E-state index contributed by atoms with van der Waals surface area (Å²) < 4.78 is 5.72. The van der Waals surface area contributed by atoms with Crippen molar-refractivity contribution in [2.45, 2.75) is 20.8 Å². The Labute approximate surface area is 152 Å². The lowest BCUT2D eigenvalue weighted by molar-refractivity contribution is -0.118. The lowest BCUT2D eigenvalue weighted by Crippen LogP contribution is -2.21. The monoisotopic (exact) mass is 348 g/mol. The number of aromatic nitrogens is 1. The highest BCUT2D eigenvalue weighted by atomic mass is 16.5. The number of carbonyl (C=O) groups excluding carboxylic acids is 2. The minimum atomic E-state index is -0.257. The van der Waals surface area contributed by atoms with Crippen LogP contribution < -0.4 is 10.1 Å². The zero-order chi connectivity index (χ0) is 18.7. The fourth-order valence-electron chi connectivity index (χ4n) is 2.77. The number of hydrogen-bond donors (Lipinski definition) is 1. The summed E-state index contributed by atoms with van der Waals surface area (Å²) in [5.41, 5.74) is 3.75. The average molecular weight is 348 g/mol. The number of ketones is 1. The maximum atomic E-state index is 12.3. The van der Waals surface area contributed by atoms with Gasteiger partial charge in [0.2, 0.25) is 0 Å². The molecule has 1 aromatic heterocycles. The summed E-state index contributed by atoms with van der Waals surface area (Å²) in [4.78, 5) is 28.3. The Balaban J connectivity index is 1.81. The van der Waals surface area contributed by atoms with E-state index in [0.29, 0.717) is 17.0 Å². The number of anilines is 1. The van der Waals surface area contributed by atoms with E-state index in [9.17, 15) is 9.59 Å². The number of nitrogens with zero attached hydrogens (tertiary/aromatic N) is 1. The second-order valence-electron chi connectivity index (χ2n) is 6.18. The summed E-state index contributed by atoms with van der Waals surface area (Å²) in [5.74, 6) is 0.0608. The molecule has 5 heteroatoms. The van der Waals surface area contributed by atoms with E-state index < -0.39 is 0 Å². The summed E-state index contributed by atoms with van der Waals surface area (Å²) in [6.07, 6.45) is 0. The number of hydrogen-bond acceptors (Lipinski definition) is 4. The molecular formula is C21H20N2O3. The minimum absolute atomic E-state index is 0.152. The van der Waals surface area contributed by atoms with Crippen LogP contribution >= 0.6 is 0 Å². The Morgan fingerprint density at radius 1 is 1.04 bits per heavy atom. The zero-order valence-corrected chi connectivity index (χ0v) is 15.0. The van der Waals surface area contributed by atoms with Crippen molar-refractivity contribution >= 4 is 28.3 Å². The Morgan fingerprint density at radius 2 is 1.73 bits per heavy atom. The number of carbonyl (C=O) groups is 2. The molecule has 3 rings (SSSR count). The van der Waals surface area contributed by atoms with E-state index in [1.807, 2.05) is 56.3 Å². The molecule has 0 atom stereocenters. The van der Waals surface area contributed by atoms with Crippen molar-refractivity contribution in [3.63, 3.8) is 0 Å². The number of nitrogens with one attached hydrogen (secondary N) is 1. The molecule has 0 saturated heterocycles. The number of pyridine rings is 1. The second-order valence-corrected chi connectivity index (χ2v) is 6.18. The number of Topliss-reactive ketones (excluding diaryl/α,β-unsaturated/α-hetero) is 1. The molecule has 0 saturated carbocycles. The van der Waals surface area contributed by atoms with E-state index in [2.05, 4.69) is 10.3 Å². The molecule has 0 radical (unpaired) electrons. The standard InChI is InChI=1S/C21H20N2O3/c1-13-7-6-8-14(2)21(13)23-20(25)12-26-19-11-18(15(3)24)22-17-10-5-4-9-16(17)19/h4-11H,12H2,1-3H3,(H,23,25). The number of rotatable bonds is 5. The first kappa shape index (κ1) is 17.6. The lowest BCUT2D eigenvalue weighted by Gasteiger charge is -2.13. The summed E-state index contributed by atoms with van der Waals surface area (Å²) in [7, 11) is 0. The fourth-order valence-corrected chi connectivity index (χ4v) is 2.77. The minimum Gasteiger partial charge on any atom is -0.483 e. The molecule has 0 aliphatic carbocycles. The van der Waals surface area contributed by atoms with E-state index in [0.717, 1.165) is 22.2 Å². The molecule has 0 aliphatic heterocycles. The third-order valence-electron chi connectivity index (χ3n) is 4.14. The molecule has 0 unspecified atom stereocenters. The first-order chi connectivity index (χ1) is 12.5. The summed E-state index contributed by atoms with van der Waals surface area (Å²) in [6, 6.07) is 14.8. The van der Waals surface area contributed by atoms with Crippen LogP contribution in [0.25, 0.3) is 10.9 Å². The third kappa shape index (κ3) is 3.72. The van der Waals surface area contributed by atoms with Crippen molar-refractivity contribution in [2.75, 3.05) is 11.9 Å². The van der Waals surface area contributed by atoms with Crippen LogP contribution in [0.5, 0.6) is 5.75 Å². The van der Waals surface area contributed by atoms with Crippen LogP contribution in [0.4, 0.5) is 5.69 Å². The normalized spacial score (nSPS) is 10.6. The first-order valence-corrected chi connectivity index (χ1v) is 8.35. The van der Waals surface area contributed by atoms with Gasteiger partial charge in [-0.2, -0.15) is 0 Å². The quantitative estimate of drug-likeness (QED) is 0.706. The molecular weight excluding hydrogens is 328 g/mol. The SMILES string of the molecule is CC(=O)c1cc(OCC(=O)Nc2c(C)cccc2C)c2ccccc2n1. The van der Waals surface area contributed by atoms with Crippen molar-refractivity contribution in [1.82, 2.24) is 4.98 Å². The molecule has 1 N–H and O–H groups in total. The fraction of sp³-hybridized carbons (Fsp3) is 0.190. The summed E-state index contributed by atoms with van der Waals surface area (Å²) in [6.45, 7) is 5.19. The molecule has 5 nitrogen and oxygen atoms in total. The molecule has 26 heavy (non-hydrogen) atoms. The van der Waals surface area contributed by atoms with Crippen molar-refractivity contribution in [3.8, 4) is 5.75 Å². The van der Waals surface area contributed by atoms with Gasteiger partial charge in [0.1, 0.15) is 11.4 Å². The third-order valence-corrected chi connectivity index (χ3v) is 4.14. The van der Waals surface area contributed by atoms with Gasteiger partial charge in [-0.25, -0.2) is 4.98 Å². The topological polar surface area (TPSA) is 68.3 Å². The van der Waals surface area contributed by atoms with Crippen molar-refractivity contribution < 1.29 is 14.3 Å². The molecule has 3 aromatic rings. The van der Waals surface area contributed by atoms with Crippen molar-refractivity contribution in [1.29, 1.82) is 0 Å². The van der Waals surface area contributed by atoms with Gasteiger partial charge in [0.25, 0.3) is 5.91 Å². The van der Waals surface area contributed by atoms with E-state index in [-0.39, 0.29) is 18.3 Å². The van der Waals surface area contributed by atoms with Crippen molar-refractivity contribution in [3.05, 3.63) is 65.4 Å². The van der Waals surface area contributed by atoms with Gasteiger partial charge >= 0.3 is 0 Å². The van der Waals surface area contributed by atoms with Gasteiger partial charge in [-0.1, -0.05) is 30.3 Å². The molecule has 0 fully saturated rings. The average Bonchev–Trinajstić information content (AvgIpc) is 2.62. The van der Waals surface area contributed by atoms with Crippen LogP contribution in [0.2, 0.25) is 0 Å². The Morgan fingerprint density at radius 3 is 2.42 bits per heavy atom. The van der Waals surface area contributed by atoms with Gasteiger partial charge in [-0.3, -0.25) is 9.59 Å². The highest BCUT2D eigenvalue weighted by Crippen LogP contribution is 2.26. The van der Waals surface area contributed by atoms with Crippen LogP contribution in [0.15, 0.2) is 48.5 Å². The second kappa shape index (κ2) is 7.35. The Bertz CT molecular complexity index is 975. The van der Waals surface area contributed by atoms with Crippen LogP contribution in [-0.2, 0) is 4.79 Å². The maximum Gasteiger partial charge on any atom is 0.262 e. The highest BCUT2D eigenvalue weighted by molar-refractivity contribution is 5.97. The smallest absolute Gasteiger partial charge is 0.262 e. The maximum absolute atomic E-state index is 12.3. The predicted octanol–water partition coefficient (Wildman–Crippen LogP) is 4.07. The van der Waals surface area contributed by atoms with Gasteiger partial charge in [0, 0.05) is 24.1 Å². The summed E-state index contributed by atoms with van der Waals surface area (Å²) in [5, 5.41) is 3.65. The van der Waals surface area contributed by atoms with Crippen LogP contribution in [0, 0.1) is 13.8 Å². The highest BCUT2D eigenvalue weighted by Gasteiger charge is 2.12. The number of benzene rings is 2.